The van der Waals surface area contributed by atoms with Crippen LogP contribution in [0.2, 0.25) is 0 Å². The summed E-state index contributed by atoms with van der Waals surface area (Å²) in [6, 6.07) is 10.8. The Morgan fingerprint density at radius 2 is 2.00 bits per heavy atom. The van der Waals surface area contributed by atoms with E-state index >= 15 is 0 Å². The van der Waals surface area contributed by atoms with E-state index in [4.69, 9.17) is 4.74 Å². The number of hydrogen-bond acceptors (Lipinski definition) is 3. The molecule has 1 N–H and O–H groups in total. The molecule has 1 aromatic heterocycles. The Kier molecular flexibility index (Phi) is 4.03. The lowest BCUT2D eigenvalue weighted by atomic mass is 9.77. The smallest absolute Gasteiger partial charge is 0.314 e. The predicted octanol–water partition coefficient (Wildman–Crippen LogP) is 2.68. The SMILES string of the molecule is COc1ccc(C(C)(Cc2cccnc2)C(=O)O)cc1. The summed E-state index contributed by atoms with van der Waals surface area (Å²) >= 11 is 0. The number of methoxy groups -OCH3 is 1. The number of aromatic nitrogens is 1. The lowest BCUT2D eigenvalue weighted by molar-refractivity contribution is -0.143. The summed E-state index contributed by atoms with van der Waals surface area (Å²) < 4.78 is 5.10. The molecule has 0 spiro atoms. The first-order valence-corrected chi connectivity index (χ1v) is 6.33. The third kappa shape index (κ3) is 2.79. The average Bonchev–Trinajstić information content (AvgIpc) is 2.48. The summed E-state index contributed by atoms with van der Waals surface area (Å²) in [4.78, 5) is 15.8. The van der Waals surface area contributed by atoms with Gasteiger partial charge in [-0.25, -0.2) is 0 Å². The van der Waals surface area contributed by atoms with Crippen LogP contribution in [0.3, 0.4) is 0 Å². The molecule has 0 aliphatic rings. The largest absolute Gasteiger partial charge is 0.497 e. The number of carboxylic acid groups (broad SMARTS) is 1. The van der Waals surface area contributed by atoms with Crippen LogP contribution in [-0.2, 0) is 16.6 Å². The quantitative estimate of drug-likeness (QED) is 0.908. The lowest BCUT2D eigenvalue weighted by Crippen LogP contribution is -2.34. The van der Waals surface area contributed by atoms with Gasteiger partial charge in [-0.1, -0.05) is 18.2 Å². The van der Waals surface area contributed by atoms with Gasteiger partial charge in [-0.2, -0.15) is 0 Å². The normalized spacial score (nSPS) is 13.5. The monoisotopic (exact) mass is 271 g/mol. The number of rotatable bonds is 5. The van der Waals surface area contributed by atoms with Crippen molar-refractivity contribution in [2.24, 2.45) is 0 Å². The summed E-state index contributed by atoms with van der Waals surface area (Å²) in [5.74, 6) is -0.144. The maximum atomic E-state index is 11.7. The molecule has 0 bridgehead atoms. The maximum Gasteiger partial charge on any atom is 0.314 e. The molecule has 20 heavy (non-hydrogen) atoms. The van der Waals surface area contributed by atoms with Crippen LogP contribution < -0.4 is 4.74 Å². The average molecular weight is 271 g/mol. The summed E-state index contributed by atoms with van der Waals surface area (Å²) in [5.41, 5.74) is 0.651. The fourth-order valence-corrected chi connectivity index (χ4v) is 2.17. The molecule has 0 saturated heterocycles. The molecule has 0 saturated carbocycles. The molecule has 0 aliphatic heterocycles. The first-order chi connectivity index (χ1) is 9.56. The first kappa shape index (κ1) is 14.1. The number of hydrogen-bond donors (Lipinski definition) is 1. The standard InChI is InChI=1S/C16H17NO3/c1-16(15(18)19,10-12-4-3-9-17-11-12)13-5-7-14(20-2)8-6-13/h3-9,11H,10H2,1-2H3,(H,18,19). The van der Waals surface area contributed by atoms with Gasteiger partial charge in [0.1, 0.15) is 5.75 Å². The van der Waals surface area contributed by atoms with Crippen molar-refractivity contribution in [2.45, 2.75) is 18.8 Å². The summed E-state index contributed by atoms with van der Waals surface area (Å²) in [7, 11) is 1.58. The highest BCUT2D eigenvalue weighted by Gasteiger charge is 2.35. The zero-order valence-corrected chi connectivity index (χ0v) is 11.5. The van der Waals surface area contributed by atoms with Gasteiger partial charge in [0.25, 0.3) is 0 Å². The van der Waals surface area contributed by atoms with Crippen molar-refractivity contribution in [3.63, 3.8) is 0 Å². The molecular formula is C16H17NO3. The molecule has 1 atom stereocenters. The number of nitrogens with zero attached hydrogens (tertiary/aromatic N) is 1. The molecule has 104 valence electrons. The number of carboxylic acids is 1. The Labute approximate surface area is 118 Å². The highest BCUT2D eigenvalue weighted by molar-refractivity contribution is 5.81. The molecule has 4 heteroatoms. The van der Waals surface area contributed by atoms with Crippen molar-refractivity contribution in [2.75, 3.05) is 7.11 Å². The highest BCUT2D eigenvalue weighted by atomic mass is 16.5. The molecule has 4 nitrogen and oxygen atoms in total. The van der Waals surface area contributed by atoms with Gasteiger partial charge < -0.3 is 9.84 Å². The second kappa shape index (κ2) is 5.74. The van der Waals surface area contributed by atoms with E-state index in [9.17, 15) is 9.90 Å². The van der Waals surface area contributed by atoms with Crippen molar-refractivity contribution in [1.29, 1.82) is 0 Å². The van der Waals surface area contributed by atoms with Crippen molar-refractivity contribution in [1.82, 2.24) is 4.98 Å². The van der Waals surface area contributed by atoms with Crippen LogP contribution in [0.1, 0.15) is 18.1 Å². The summed E-state index contributed by atoms with van der Waals surface area (Å²) in [5, 5.41) is 9.62. The first-order valence-electron chi connectivity index (χ1n) is 6.33. The molecule has 2 rings (SSSR count). The number of pyridine rings is 1. The van der Waals surface area contributed by atoms with Crippen molar-refractivity contribution >= 4 is 5.97 Å². The summed E-state index contributed by atoms with van der Waals surface area (Å²) in [6.07, 6.45) is 3.77. The van der Waals surface area contributed by atoms with Gasteiger partial charge in [0.05, 0.1) is 12.5 Å². The van der Waals surface area contributed by atoms with Crippen LogP contribution in [0.4, 0.5) is 0 Å². The van der Waals surface area contributed by atoms with Crippen LogP contribution in [0.5, 0.6) is 5.75 Å². The van der Waals surface area contributed by atoms with Crippen LogP contribution in [-0.4, -0.2) is 23.2 Å². The Hall–Kier alpha value is -2.36. The summed E-state index contributed by atoms with van der Waals surface area (Å²) in [6.45, 7) is 1.73. The van der Waals surface area contributed by atoms with Gasteiger partial charge in [0.2, 0.25) is 0 Å². The number of benzene rings is 1. The molecule has 1 aromatic carbocycles. The van der Waals surface area contributed by atoms with E-state index in [0.717, 1.165) is 11.1 Å². The topological polar surface area (TPSA) is 59.4 Å². The minimum atomic E-state index is -0.991. The van der Waals surface area contributed by atoms with Gasteiger partial charge in [0, 0.05) is 12.4 Å². The Morgan fingerprint density at radius 1 is 1.30 bits per heavy atom. The van der Waals surface area contributed by atoms with E-state index < -0.39 is 11.4 Å². The van der Waals surface area contributed by atoms with E-state index in [1.54, 1.807) is 50.7 Å². The third-order valence-corrected chi connectivity index (χ3v) is 3.48. The molecule has 1 unspecified atom stereocenters. The number of aliphatic carboxylic acids is 1. The fraction of sp³-hybridized carbons (Fsp3) is 0.250. The molecule has 0 radical (unpaired) electrons. The van der Waals surface area contributed by atoms with Gasteiger partial charge in [-0.15, -0.1) is 0 Å². The van der Waals surface area contributed by atoms with Crippen LogP contribution in [0, 0.1) is 0 Å². The molecule has 0 aliphatic carbocycles. The molecule has 0 amide bonds. The minimum Gasteiger partial charge on any atom is -0.497 e. The minimum absolute atomic E-state index is 0.391. The van der Waals surface area contributed by atoms with E-state index in [2.05, 4.69) is 4.98 Å². The van der Waals surface area contributed by atoms with Gasteiger partial charge in [-0.05, 0) is 42.7 Å². The van der Waals surface area contributed by atoms with Crippen molar-refractivity contribution in [3.05, 3.63) is 59.9 Å². The van der Waals surface area contributed by atoms with Crippen LogP contribution in [0.15, 0.2) is 48.8 Å². The predicted molar refractivity (Wildman–Crippen MR) is 75.9 cm³/mol. The Bertz CT molecular complexity index is 580. The second-order valence-corrected chi connectivity index (χ2v) is 4.90. The Balaban J connectivity index is 2.35. The van der Waals surface area contributed by atoms with E-state index in [1.807, 2.05) is 12.1 Å². The lowest BCUT2D eigenvalue weighted by Gasteiger charge is -2.25. The second-order valence-electron chi connectivity index (χ2n) is 4.90. The van der Waals surface area contributed by atoms with Crippen LogP contribution >= 0.6 is 0 Å². The molecule has 1 heterocycles. The number of ether oxygens (including phenoxy) is 1. The number of carbonyl (C=O) groups is 1. The van der Waals surface area contributed by atoms with E-state index in [-0.39, 0.29) is 0 Å². The third-order valence-electron chi connectivity index (χ3n) is 3.48. The van der Waals surface area contributed by atoms with E-state index in [1.165, 1.54) is 0 Å². The van der Waals surface area contributed by atoms with Crippen molar-refractivity contribution in [3.8, 4) is 5.75 Å². The highest BCUT2D eigenvalue weighted by Crippen LogP contribution is 2.29. The van der Waals surface area contributed by atoms with Crippen molar-refractivity contribution < 1.29 is 14.6 Å². The van der Waals surface area contributed by atoms with Crippen LogP contribution in [0.25, 0.3) is 0 Å². The molecule has 0 fully saturated rings. The zero-order valence-electron chi connectivity index (χ0n) is 11.5. The molecule has 2 aromatic rings. The fourth-order valence-electron chi connectivity index (χ4n) is 2.17. The van der Waals surface area contributed by atoms with Gasteiger partial charge in [0.15, 0.2) is 0 Å². The van der Waals surface area contributed by atoms with E-state index in [0.29, 0.717) is 12.2 Å². The van der Waals surface area contributed by atoms with Gasteiger partial charge >= 0.3 is 5.97 Å². The maximum absolute atomic E-state index is 11.7. The molecular weight excluding hydrogens is 254 g/mol. The van der Waals surface area contributed by atoms with Gasteiger partial charge in [-0.3, -0.25) is 9.78 Å². The Morgan fingerprint density at radius 3 is 2.50 bits per heavy atom. The zero-order chi connectivity index (χ0) is 14.6.